The van der Waals surface area contributed by atoms with E-state index in [-0.39, 0.29) is 0 Å². The Balaban J connectivity index is 0.000000292. The number of nitrogens with two attached hydrogens (primary N) is 1. The highest BCUT2D eigenvalue weighted by molar-refractivity contribution is 5.34. The zero-order chi connectivity index (χ0) is 11.0. The topological polar surface area (TPSA) is 75.7 Å². The molecule has 0 amide bonds. The molecular weight excluding hydrogens is 182 g/mol. The Labute approximate surface area is 83.2 Å². The Morgan fingerprint density at radius 1 is 1.36 bits per heavy atom. The van der Waals surface area contributed by atoms with Crippen LogP contribution >= 0.6 is 0 Å². The fraction of sp³-hybridized carbons (Fsp3) is 0.200. The maximum absolute atomic E-state index is 9.04. The van der Waals surface area contributed by atoms with E-state index in [1.54, 1.807) is 6.07 Å². The third kappa shape index (κ3) is 5.05. The largest absolute Gasteiger partial charge is 0.508 e. The first kappa shape index (κ1) is 12.3. The van der Waals surface area contributed by atoms with Gasteiger partial charge in [-0.1, -0.05) is 17.7 Å². The smallest absolute Gasteiger partial charge is 0.144 e. The summed E-state index contributed by atoms with van der Waals surface area (Å²) >= 11 is 0. The van der Waals surface area contributed by atoms with Crippen LogP contribution in [0.2, 0.25) is 0 Å². The molecule has 0 fully saturated rings. The summed E-state index contributed by atoms with van der Waals surface area (Å²) in [6.45, 7) is 3.90. The molecule has 1 rings (SSSR count). The highest BCUT2D eigenvalue weighted by atomic mass is 17.1. The lowest BCUT2D eigenvalue weighted by Crippen LogP contribution is -1.75. The van der Waals surface area contributed by atoms with Crippen molar-refractivity contribution in [1.82, 2.24) is 0 Å². The molecule has 1 aromatic carbocycles. The molecule has 0 aliphatic rings. The maximum Gasteiger partial charge on any atom is 0.144 e. The molecule has 0 saturated heterocycles. The molecule has 4 N–H and O–H groups in total. The van der Waals surface area contributed by atoms with Crippen LogP contribution in [-0.4, -0.2) is 10.4 Å². The molecule has 0 atom stereocenters. The van der Waals surface area contributed by atoms with E-state index < -0.39 is 0 Å². The van der Waals surface area contributed by atoms with Crippen molar-refractivity contribution in [3.63, 3.8) is 0 Å². The summed E-state index contributed by atoms with van der Waals surface area (Å²) in [7, 11) is 0. The molecule has 4 nitrogen and oxygen atoms in total. The molecule has 0 spiro atoms. The Morgan fingerprint density at radius 2 is 2.00 bits per heavy atom. The standard InChI is InChI=1S/C8H10O.C2H5NO2/c1-6-3-4-8(9)7(2)5-6;3-1-2-5-4/h3-5,9H,1-2H3;1-2,4H,3H2/b;2-1+. The van der Waals surface area contributed by atoms with Gasteiger partial charge in [0.1, 0.15) is 12.0 Å². The molecule has 0 bridgehead atoms. The highest BCUT2D eigenvalue weighted by Gasteiger charge is 1.91. The lowest BCUT2D eigenvalue weighted by Gasteiger charge is -1.97. The normalized spacial score (nSPS) is 9.36. The number of benzene rings is 1. The first-order valence-electron chi connectivity index (χ1n) is 4.05. The summed E-state index contributed by atoms with van der Waals surface area (Å²) in [5.41, 5.74) is 6.80. The fourth-order valence-corrected chi connectivity index (χ4v) is 0.841. The lowest BCUT2D eigenvalue weighted by atomic mass is 10.1. The van der Waals surface area contributed by atoms with E-state index in [2.05, 4.69) is 10.6 Å². The molecule has 14 heavy (non-hydrogen) atoms. The Bertz CT molecular complexity index is 297. The second-order valence-electron chi connectivity index (χ2n) is 2.72. The van der Waals surface area contributed by atoms with Gasteiger partial charge in [-0.05, 0) is 25.5 Å². The monoisotopic (exact) mass is 197 g/mol. The lowest BCUT2D eigenvalue weighted by molar-refractivity contribution is -0.186. The SMILES string of the molecule is Cc1ccc(O)c(C)c1.N/C=C/OO. The van der Waals surface area contributed by atoms with Crippen LogP contribution in [0.4, 0.5) is 0 Å². The van der Waals surface area contributed by atoms with Gasteiger partial charge in [-0.15, -0.1) is 0 Å². The van der Waals surface area contributed by atoms with E-state index in [4.69, 9.17) is 10.4 Å². The first-order chi connectivity index (χ1) is 6.61. The van der Waals surface area contributed by atoms with Gasteiger partial charge in [-0.25, -0.2) is 5.26 Å². The summed E-state index contributed by atoms with van der Waals surface area (Å²) in [5, 5.41) is 16.4. The Hall–Kier alpha value is -1.68. The molecule has 0 saturated carbocycles. The van der Waals surface area contributed by atoms with Gasteiger partial charge < -0.3 is 15.7 Å². The minimum absolute atomic E-state index is 0.376. The minimum Gasteiger partial charge on any atom is -0.508 e. The van der Waals surface area contributed by atoms with Crippen molar-refractivity contribution in [3.05, 3.63) is 41.8 Å². The number of rotatable bonds is 1. The van der Waals surface area contributed by atoms with Crippen LogP contribution in [0.3, 0.4) is 0 Å². The summed E-state index contributed by atoms with van der Waals surface area (Å²) in [6.07, 6.45) is 2.04. The molecule has 78 valence electrons. The van der Waals surface area contributed by atoms with E-state index in [1.807, 2.05) is 26.0 Å². The van der Waals surface area contributed by atoms with E-state index >= 15 is 0 Å². The Morgan fingerprint density at radius 3 is 2.29 bits per heavy atom. The van der Waals surface area contributed by atoms with Gasteiger partial charge >= 0.3 is 0 Å². The molecule has 0 unspecified atom stereocenters. The minimum atomic E-state index is 0.376. The predicted molar refractivity (Wildman–Crippen MR) is 54.6 cm³/mol. The Kier molecular flexibility index (Phi) is 5.98. The average Bonchev–Trinajstić information content (AvgIpc) is 2.14. The summed E-state index contributed by atoms with van der Waals surface area (Å²) in [4.78, 5) is 3.39. The maximum atomic E-state index is 9.04. The number of phenols is 1. The van der Waals surface area contributed by atoms with Gasteiger partial charge in [-0.3, -0.25) is 0 Å². The molecule has 0 aliphatic heterocycles. The van der Waals surface area contributed by atoms with Crippen molar-refractivity contribution in [2.45, 2.75) is 13.8 Å². The summed E-state index contributed by atoms with van der Waals surface area (Å²) < 4.78 is 0. The number of aryl methyl sites for hydroxylation is 2. The second kappa shape index (κ2) is 6.80. The van der Waals surface area contributed by atoms with Crippen molar-refractivity contribution < 1.29 is 15.3 Å². The molecule has 0 aliphatic carbocycles. The number of hydrogen-bond donors (Lipinski definition) is 3. The van der Waals surface area contributed by atoms with Crippen molar-refractivity contribution >= 4 is 0 Å². The second-order valence-corrected chi connectivity index (χ2v) is 2.72. The van der Waals surface area contributed by atoms with Gasteiger partial charge in [0.25, 0.3) is 0 Å². The number of hydrogen-bond acceptors (Lipinski definition) is 4. The third-order valence-corrected chi connectivity index (χ3v) is 1.49. The van der Waals surface area contributed by atoms with Crippen molar-refractivity contribution in [2.75, 3.05) is 0 Å². The van der Waals surface area contributed by atoms with Crippen molar-refractivity contribution in [3.8, 4) is 5.75 Å². The van der Waals surface area contributed by atoms with Crippen LogP contribution in [0.5, 0.6) is 5.75 Å². The van der Waals surface area contributed by atoms with Crippen LogP contribution < -0.4 is 5.73 Å². The van der Waals surface area contributed by atoms with Gasteiger partial charge in [0, 0.05) is 6.20 Å². The predicted octanol–water partition coefficient (Wildman–Crippen LogP) is 1.91. The van der Waals surface area contributed by atoms with Crippen molar-refractivity contribution in [1.29, 1.82) is 0 Å². The van der Waals surface area contributed by atoms with Gasteiger partial charge in [-0.2, -0.15) is 0 Å². The average molecular weight is 197 g/mol. The van der Waals surface area contributed by atoms with E-state index in [0.717, 1.165) is 18.0 Å². The highest BCUT2D eigenvalue weighted by Crippen LogP contribution is 2.15. The first-order valence-corrected chi connectivity index (χ1v) is 4.05. The number of aromatic hydroxyl groups is 1. The van der Waals surface area contributed by atoms with E-state index in [1.165, 1.54) is 5.56 Å². The van der Waals surface area contributed by atoms with Gasteiger partial charge in [0.2, 0.25) is 0 Å². The zero-order valence-corrected chi connectivity index (χ0v) is 8.27. The van der Waals surface area contributed by atoms with Gasteiger partial charge in [0.15, 0.2) is 0 Å². The molecular formula is C10H15NO3. The third-order valence-electron chi connectivity index (χ3n) is 1.49. The molecule has 1 aromatic rings. The van der Waals surface area contributed by atoms with Crippen LogP contribution in [0.1, 0.15) is 11.1 Å². The molecule has 4 heteroatoms. The summed E-state index contributed by atoms with van der Waals surface area (Å²) in [5.74, 6) is 0.376. The van der Waals surface area contributed by atoms with E-state index in [9.17, 15) is 0 Å². The molecule has 0 heterocycles. The van der Waals surface area contributed by atoms with Gasteiger partial charge in [0.05, 0.1) is 0 Å². The molecule has 0 radical (unpaired) electrons. The summed E-state index contributed by atoms with van der Waals surface area (Å²) in [6, 6.07) is 5.56. The van der Waals surface area contributed by atoms with Crippen molar-refractivity contribution in [2.24, 2.45) is 5.73 Å². The zero-order valence-electron chi connectivity index (χ0n) is 8.27. The van der Waals surface area contributed by atoms with Crippen LogP contribution in [0, 0.1) is 13.8 Å². The fourth-order valence-electron chi connectivity index (χ4n) is 0.841. The van der Waals surface area contributed by atoms with Crippen LogP contribution in [0.15, 0.2) is 30.7 Å². The number of phenolic OH excluding ortho intramolecular Hbond substituents is 1. The van der Waals surface area contributed by atoms with Crippen LogP contribution in [0.25, 0.3) is 0 Å². The quantitative estimate of drug-likeness (QED) is 0.365. The molecule has 0 aromatic heterocycles. The van der Waals surface area contributed by atoms with E-state index in [0.29, 0.717) is 5.75 Å². The van der Waals surface area contributed by atoms with Crippen LogP contribution in [-0.2, 0) is 4.89 Å².